The van der Waals surface area contributed by atoms with Gasteiger partial charge >= 0.3 is 5.97 Å². The molecule has 1 fully saturated rings. The van der Waals surface area contributed by atoms with Crippen molar-refractivity contribution in [2.24, 2.45) is 0 Å². The maximum absolute atomic E-state index is 11.9. The fourth-order valence-corrected chi connectivity index (χ4v) is 3.06. The molecular formula is C13H24N2O3S. The van der Waals surface area contributed by atoms with Crippen molar-refractivity contribution in [3.05, 3.63) is 0 Å². The topological polar surface area (TPSA) is 69.6 Å². The third-order valence-corrected chi connectivity index (χ3v) is 4.65. The maximum atomic E-state index is 11.9. The van der Waals surface area contributed by atoms with Crippen molar-refractivity contribution >= 4 is 23.6 Å². The third-order valence-electron chi connectivity index (χ3n) is 3.70. The first-order valence-electron chi connectivity index (χ1n) is 6.77. The molecule has 0 spiro atoms. The van der Waals surface area contributed by atoms with Crippen molar-refractivity contribution in [2.45, 2.75) is 38.1 Å². The number of carboxylic acid groups (broad SMARTS) is 1. The Labute approximate surface area is 119 Å². The number of nitrogens with zero attached hydrogens (tertiary/aromatic N) is 1. The molecule has 0 saturated carbocycles. The number of hydrogen-bond acceptors (Lipinski definition) is 4. The van der Waals surface area contributed by atoms with Gasteiger partial charge in [-0.3, -0.25) is 9.59 Å². The van der Waals surface area contributed by atoms with Gasteiger partial charge in [0.05, 0.1) is 5.75 Å². The normalized spacial score (nSPS) is 18.9. The lowest BCUT2D eigenvalue weighted by Gasteiger charge is -2.27. The van der Waals surface area contributed by atoms with Gasteiger partial charge in [-0.2, -0.15) is 11.8 Å². The van der Waals surface area contributed by atoms with E-state index in [2.05, 4.69) is 5.32 Å². The van der Waals surface area contributed by atoms with Crippen LogP contribution < -0.4 is 5.32 Å². The molecule has 1 amide bonds. The number of hydrogen-bond donors (Lipinski definition) is 2. The van der Waals surface area contributed by atoms with Crippen LogP contribution in [0.1, 0.15) is 32.6 Å². The van der Waals surface area contributed by atoms with Crippen LogP contribution >= 0.6 is 11.8 Å². The first kappa shape index (κ1) is 16.3. The number of nitrogens with one attached hydrogen (secondary N) is 1. The SMILES string of the molecule is CNC(C)(CCSCC(=O)N1CCCCC1)C(=O)O. The second-order valence-corrected chi connectivity index (χ2v) is 6.24. The van der Waals surface area contributed by atoms with Crippen molar-refractivity contribution < 1.29 is 14.7 Å². The summed E-state index contributed by atoms with van der Waals surface area (Å²) in [4.78, 5) is 24.9. The monoisotopic (exact) mass is 288 g/mol. The molecule has 0 aromatic rings. The Morgan fingerprint density at radius 1 is 1.32 bits per heavy atom. The molecule has 5 nitrogen and oxygen atoms in total. The summed E-state index contributed by atoms with van der Waals surface area (Å²) >= 11 is 1.52. The number of carbonyl (C=O) groups is 2. The van der Waals surface area contributed by atoms with Crippen LogP contribution in [0.4, 0.5) is 0 Å². The predicted octanol–water partition coefficient (Wildman–Crippen LogP) is 1.18. The van der Waals surface area contributed by atoms with Gasteiger partial charge in [0.25, 0.3) is 0 Å². The summed E-state index contributed by atoms with van der Waals surface area (Å²) in [6.07, 6.45) is 3.94. The Bertz CT molecular complexity index is 319. The van der Waals surface area contributed by atoms with Crippen LogP contribution in [0, 0.1) is 0 Å². The Morgan fingerprint density at radius 2 is 1.95 bits per heavy atom. The minimum Gasteiger partial charge on any atom is -0.480 e. The lowest BCUT2D eigenvalue weighted by molar-refractivity contribution is -0.144. The zero-order chi connectivity index (χ0) is 14.3. The van der Waals surface area contributed by atoms with Crippen molar-refractivity contribution in [1.29, 1.82) is 0 Å². The van der Waals surface area contributed by atoms with Crippen LogP contribution in [0.15, 0.2) is 0 Å². The molecule has 0 aliphatic carbocycles. The molecule has 110 valence electrons. The summed E-state index contributed by atoms with van der Waals surface area (Å²) in [5, 5.41) is 11.9. The Hall–Kier alpha value is -0.750. The van der Waals surface area contributed by atoms with E-state index in [1.807, 2.05) is 4.90 Å². The largest absolute Gasteiger partial charge is 0.480 e. The number of likely N-dealkylation sites (N-methyl/N-ethyl adjacent to an activating group) is 1. The number of carboxylic acids is 1. The fraction of sp³-hybridized carbons (Fsp3) is 0.846. The molecule has 1 aliphatic heterocycles. The van der Waals surface area contributed by atoms with E-state index < -0.39 is 11.5 Å². The number of aliphatic carboxylic acids is 1. The fourth-order valence-electron chi connectivity index (χ4n) is 2.01. The summed E-state index contributed by atoms with van der Waals surface area (Å²) in [6.45, 7) is 3.42. The molecule has 0 radical (unpaired) electrons. The van der Waals surface area contributed by atoms with Crippen molar-refractivity contribution in [1.82, 2.24) is 10.2 Å². The highest BCUT2D eigenvalue weighted by Crippen LogP contribution is 2.16. The second-order valence-electron chi connectivity index (χ2n) is 5.13. The molecule has 1 saturated heterocycles. The lowest BCUT2D eigenvalue weighted by Crippen LogP contribution is -2.48. The average molecular weight is 288 g/mol. The predicted molar refractivity (Wildman–Crippen MR) is 77.5 cm³/mol. The van der Waals surface area contributed by atoms with Crippen LogP contribution in [0.2, 0.25) is 0 Å². The van der Waals surface area contributed by atoms with E-state index in [0.717, 1.165) is 25.9 Å². The van der Waals surface area contributed by atoms with Crippen LogP contribution in [0.5, 0.6) is 0 Å². The van der Waals surface area contributed by atoms with Gasteiger partial charge in [-0.05, 0) is 45.4 Å². The summed E-state index contributed by atoms with van der Waals surface area (Å²) in [5.41, 5.74) is -0.902. The van der Waals surface area contributed by atoms with Crippen LogP contribution in [0.3, 0.4) is 0 Å². The molecule has 1 atom stereocenters. The smallest absolute Gasteiger partial charge is 0.323 e. The standard InChI is InChI=1S/C13H24N2O3S/c1-13(14-2,12(17)18)6-9-19-10-11(16)15-7-4-3-5-8-15/h14H,3-10H2,1-2H3,(H,17,18). The summed E-state index contributed by atoms with van der Waals surface area (Å²) in [7, 11) is 1.65. The molecule has 19 heavy (non-hydrogen) atoms. The number of likely N-dealkylation sites (tertiary alicyclic amines) is 1. The Kier molecular flexibility index (Phi) is 6.65. The van der Waals surface area contributed by atoms with Gasteiger partial charge in [-0.1, -0.05) is 0 Å². The maximum Gasteiger partial charge on any atom is 0.323 e. The minimum atomic E-state index is -0.902. The summed E-state index contributed by atoms with van der Waals surface area (Å²) in [5.74, 6) is 0.465. The van der Waals surface area contributed by atoms with Gasteiger partial charge in [-0.15, -0.1) is 0 Å². The van der Waals surface area contributed by atoms with Gasteiger partial charge in [0.1, 0.15) is 5.54 Å². The van der Waals surface area contributed by atoms with Gasteiger partial charge < -0.3 is 15.3 Å². The minimum absolute atomic E-state index is 0.186. The molecule has 6 heteroatoms. The number of thioether (sulfide) groups is 1. The highest BCUT2D eigenvalue weighted by atomic mass is 32.2. The molecule has 0 aromatic carbocycles. The number of amides is 1. The quantitative estimate of drug-likeness (QED) is 0.689. The van der Waals surface area contributed by atoms with E-state index in [4.69, 9.17) is 5.11 Å². The molecule has 0 aromatic heterocycles. The van der Waals surface area contributed by atoms with E-state index in [1.54, 1.807) is 14.0 Å². The third kappa shape index (κ3) is 5.03. The van der Waals surface area contributed by atoms with Crippen molar-refractivity contribution in [3.63, 3.8) is 0 Å². The van der Waals surface area contributed by atoms with Crippen molar-refractivity contribution in [3.8, 4) is 0 Å². The molecule has 1 rings (SSSR count). The van der Waals surface area contributed by atoms with E-state index in [9.17, 15) is 9.59 Å². The van der Waals surface area contributed by atoms with Crippen LogP contribution in [-0.4, -0.2) is 59.1 Å². The Morgan fingerprint density at radius 3 is 2.47 bits per heavy atom. The highest BCUT2D eigenvalue weighted by Gasteiger charge is 2.30. The first-order chi connectivity index (χ1) is 8.99. The molecular weight excluding hydrogens is 264 g/mol. The summed E-state index contributed by atoms with van der Waals surface area (Å²) < 4.78 is 0. The Balaban J connectivity index is 2.22. The van der Waals surface area contributed by atoms with Gasteiger partial charge in [0.15, 0.2) is 0 Å². The van der Waals surface area contributed by atoms with Crippen LogP contribution in [0.25, 0.3) is 0 Å². The first-order valence-corrected chi connectivity index (χ1v) is 7.93. The van der Waals surface area contributed by atoms with Gasteiger partial charge in [0, 0.05) is 13.1 Å². The van der Waals surface area contributed by atoms with Crippen molar-refractivity contribution in [2.75, 3.05) is 31.6 Å². The van der Waals surface area contributed by atoms with E-state index in [1.165, 1.54) is 18.2 Å². The number of rotatable bonds is 7. The zero-order valence-corrected chi connectivity index (χ0v) is 12.6. The number of piperidine rings is 1. The highest BCUT2D eigenvalue weighted by molar-refractivity contribution is 7.99. The van der Waals surface area contributed by atoms with Crippen LogP contribution in [-0.2, 0) is 9.59 Å². The van der Waals surface area contributed by atoms with Gasteiger partial charge in [0.2, 0.25) is 5.91 Å². The van der Waals surface area contributed by atoms with E-state index in [-0.39, 0.29) is 5.91 Å². The lowest BCUT2D eigenvalue weighted by atomic mass is 10.00. The molecule has 0 bridgehead atoms. The van der Waals surface area contributed by atoms with E-state index in [0.29, 0.717) is 17.9 Å². The number of carbonyl (C=O) groups excluding carboxylic acids is 1. The zero-order valence-electron chi connectivity index (χ0n) is 11.8. The molecule has 1 unspecified atom stereocenters. The second kappa shape index (κ2) is 7.75. The van der Waals surface area contributed by atoms with E-state index >= 15 is 0 Å². The summed E-state index contributed by atoms with van der Waals surface area (Å²) in [6, 6.07) is 0. The average Bonchev–Trinajstić information content (AvgIpc) is 2.43. The molecule has 2 N–H and O–H groups in total. The molecule has 1 aliphatic rings. The molecule has 1 heterocycles. The van der Waals surface area contributed by atoms with Gasteiger partial charge in [-0.25, -0.2) is 0 Å².